The minimum Gasteiger partial charge on any atom is -0.454 e. The average molecular weight is 441 g/mol. The van der Waals surface area contributed by atoms with E-state index >= 15 is 0 Å². The van der Waals surface area contributed by atoms with Crippen LogP contribution in [-0.2, 0) is 23.1 Å². The lowest BCUT2D eigenvalue weighted by Crippen LogP contribution is -2.62. The molecule has 0 saturated carbocycles. The van der Waals surface area contributed by atoms with Crippen LogP contribution >= 0.6 is 0 Å². The summed E-state index contributed by atoms with van der Waals surface area (Å²) in [5.74, 6) is 1.39. The Balaban J connectivity index is 1.35. The van der Waals surface area contributed by atoms with Crippen molar-refractivity contribution in [2.24, 2.45) is 7.05 Å². The molecular formula is C23H28N4O5. The Hall–Kier alpha value is -3.04. The van der Waals surface area contributed by atoms with Gasteiger partial charge in [-0.3, -0.25) is 14.5 Å². The summed E-state index contributed by atoms with van der Waals surface area (Å²) in [6.07, 6.45) is 1.85. The van der Waals surface area contributed by atoms with Crippen LogP contribution in [0.25, 0.3) is 0 Å². The van der Waals surface area contributed by atoms with Crippen molar-refractivity contribution < 1.29 is 23.8 Å². The molecule has 9 heteroatoms. The molecule has 2 aromatic rings. The van der Waals surface area contributed by atoms with Crippen molar-refractivity contribution in [3.8, 4) is 11.5 Å². The van der Waals surface area contributed by atoms with Crippen LogP contribution in [0.2, 0.25) is 0 Å². The fourth-order valence-electron chi connectivity index (χ4n) is 4.56. The van der Waals surface area contributed by atoms with Crippen LogP contribution in [-0.4, -0.2) is 89.9 Å². The number of nitrogens with zero attached hydrogens (tertiary/aromatic N) is 4. The molecule has 2 amide bonds. The molecule has 0 aliphatic carbocycles. The molecule has 3 aliphatic heterocycles. The Morgan fingerprint density at radius 1 is 1.03 bits per heavy atom. The minimum absolute atomic E-state index is 0.00811. The van der Waals surface area contributed by atoms with Gasteiger partial charge >= 0.3 is 0 Å². The van der Waals surface area contributed by atoms with E-state index < -0.39 is 6.04 Å². The van der Waals surface area contributed by atoms with E-state index in [9.17, 15) is 9.59 Å². The lowest BCUT2D eigenvalue weighted by molar-refractivity contribution is -0.142. The molecule has 3 aliphatic rings. The first kappa shape index (κ1) is 20.8. The topological polar surface area (TPSA) is 76.5 Å². The van der Waals surface area contributed by atoms with Crippen molar-refractivity contribution in [1.82, 2.24) is 19.3 Å². The molecule has 4 heterocycles. The highest BCUT2D eigenvalue weighted by molar-refractivity contribution is 5.96. The molecule has 0 spiro atoms. The van der Waals surface area contributed by atoms with Crippen LogP contribution in [0.5, 0.6) is 11.5 Å². The average Bonchev–Trinajstić information content (AvgIpc) is 3.47. The lowest BCUT2D eigenvalue weighted by atomic mass is 10.1. The van der Waals surface area contributed by atoms with E-state index in [1.807, 2.05) is 42.4 Å². The van der Waals surface area contributed by atoms with E-state index in [1.54, 1.807) is 15.5 Å². The van der Waals surface area contributed by atoms with Gasteiger partial charge in [0.25, 0.3) is 5.91 Å². The van der Waals surface area contributed by atoms with Gasteiger partial charge < -0.3 is 28.6 Å². The molecule has 1 aromatic heterocycles. The number of rotatable bonds is 4. The highest BCUT2D eigenvalue weighted by Gasteiger charge is 2.38. The summed E-state index contributed by atoms with van der Waals surface area (Å²) in [7, 11) is 1.85. The van der Waals surface area contributed by atoms with Gasteiger partial charge in [-0.25, -0.2) is 0 Å². The predicted octanol–water partition coefficient (Wildman–Crippen LogP) is 0.939. The van der Waals surface area contributed by atoms with Gasteiger partial charge in [0.1, 0.15) is 11.7 Å². The largest absolute Gasteiger partial charge is 0.454 e. The van der Waals surface area contributed by atoms with Gasteiger partial charge in [-0.1, -0.05) is 6.07 Å². The van der Waals surface area contributed by atoms with E-state index in [2.05, 4.69) is 4.90 Å². The fraction of sp³-hybridized carbons (Fsp3) is 0.478. The molecule has 2 saturated heterocycles. The monoisotopic (exact) mass is 440 g/mol. The second kappa shape index (κ2) is 8.84. The Kier molecular flexibility index (Phi) is 5.75. The van der Waals surface area contributed by atoms with E-state index in [0.29, 0.717) is 58.2 Å². The number of piperazine rings is 1. The van der Waals surface area contributed by atoms with Gasteiger partial charge in [0.2, 0.25) is 12.7 Å². The third kappa shape index (κ3) is 4.05. The fourth-order valence-corrected chi connectivity index (χ4v) is 4.56. The van der Waals surface area contributed by atoms with E-state index in [1.165, 1.54) is 0 Å². The Morgan fingerprint density at radius 3 is 2.62 bits per heavy atom. The zero-order valence-electron chi connectivity index (χ0n) is 18.2. The summed E-state index contributed by atoms with van der Waals surface area (Å²) >= 11 is 0. The van der Waals surface area contributed by atoms with Crippen LogP contribution < -0.4 is 9.47 Å². The molecular weight excluding hydrogens is 412 g/mol. The van der Waals surface area contributed by atoms with Gasteiger partial charge in [0.15, 0.2) is 11.5 Å². The number of amides is 2. The minimum atomic E-state index is -0.529. The number of carbonyl (C=O) groups is 2. The first-order valence-corrected chi connectivity index (χ1v) is 11.0. The SMILES string of the molecule is Cn1cccc1C(=O)N1CCN(Cc2ccc3c(c2)OCO3)CC1C(=O)N1CCOCC1. The summed E-state index contributed by atoms with van der Waals surface area (Å²) in [6, 6.07) is 9.05. The third-order valence-electron chi connectivity index (χ3n) is 6.34. The molecule has 9 nitrogen and oxygen atoms in total. The molecule has 170 valence electrons. The van der Waals surface area contributed by atoms with Crippen molar-refractivity contribution in [3.63, 3.8) is 0 Å². The smallest absolute Gasteiger partial charge is 0.271 e. The predicted molar refractivity (Wildman–Crippen MR) is 115 cm³/mol. The molecule has 32 heavy (non-hydrogen) atoms. The highest BCUT2D eigenvalue weighted by atomic mass is 16.7. The van der Waals surface area contributed by atoms with Gasteiger partial charge in [0, 0.05) is 52.5 Å². The number of morpholine rings is 1. The third-order valence-corrected chi connectivity index (χ3v) is 6.34. The standard InChI is InChI=1S/C23H28N4O5/c1-24-6-2-3-18(24)23(29)27-8-7-25(14-17-4-5-20-21(13-17)32-16-31-20)15-19(27)22(28)26-9-11-30-12-10-26/h2-6,13,19H,7-12,14-16H2,1H3. The highest BCUT2D eigenvalue weighted by Crippen LogP contribution is 2.33. The number of benzene rings is 1. The first-order chi connectivity index (χ1) is 15.6. The number of fused-ring (bicyclic) bond motifs is 1. The maximum absolute atomic E-state index is 13.5. The Labute approximate surface area is 187 Å². The molecule has 0 N–H and O–H groups in total. The molecule has 0 radical (unpaired) electrons. The van der Waals surface area contributed by atoms with Crippen LogP contribution in [0.1, 0.15) is 16.1 Å². The van der Waals surface area contributed by atoms with Crippen LogP contribution in [0.3, 0.4) is 0 Å². The molecule has 1 unspecified atom stereocenters. The number of carbonyl (C=O) groups excluding carboxylic acids is 2. The molecule has 2 fully saturated rings. The van der Waals surface area contributed by atoms with Crippen molar-refractivity contribution in [2.75, 3.05) is 52.7 Å². The van der Waals surface area contributed by atoms with Gasteiger partial charge in [-0.15, -0.1) is 0 Å². The van der Waals surface area contributed by atoms with Crippen molar-refractivity contribution in [2.45, 2.75) is 12.6 Å². The number of aryl methyl sites for hydroxylation is 1. The zero-order valence-corrected chi connectivity index (χ0v) is 18.2. The first-order valence-electron chi connectivity index (χ1n) is 11.0. The summed E-state index contributed by atoms with van der Waals surface area (Å²) in [5.41, 5.74) is 1.68. The molecule has 0 bridgehead atoms. The summed E-state index contributed by atoms with van der Waals surface area (Å²) in [4.78, 5) is 32.6. The van der Waals surface area contributed by atoms with Crippen LogP contribution in [0.15, 0.2) is 36.5 Å². The van der Waals surface area contributed by atoms with Crippen molar-refractivity contribution >= 4 is 11.8 Å². The van der Waals surface area contributed by atoms with Crippen molar-refractivity contribution in [1.29, 1.82) is 0 Å². The maximum Gasteiger partial charge on any atom is 0.271 e. The Bertz CT molecular complexity index is 1000. The molecule has 5 rings (SSSR count). The van der Waals surface area contributed by atoms with Crippen LogP contribution in [0.4, 0.5) is 0 Å². The summed E-state index contributed by atoms with van der Waals surface area (Å²) < 4.78 is 18.1. The van der Waals surface area contributed by atoms with Crippen LogP contribution in [0, 0.1) is 0 Å². The normalized spacial score (nSPS) is 21.1. The second-order valence-electron chi connectivity index (χ2n) is 8.38. The van der Waals surface area contributed by atoms with E-state index in [4.69, 9.17) is 14.2 Å². The van der Waals surface area contributed by atoms with Gasteiger partial charge in [-0.05, 0) is 29.8 Å². The number of hydrogen-bond acceptors (Lipinski definition) is 6. The maximum atomic E-state index is 13.5. The van der Waals surface area contributed by atoms with Gasteiger partial charge in [-0.2, -0.15) is 0 Å². The quantitative estimate of drug-likeness (QED) is 0.705. The Morgan fingerprint density at radius 2 is 1.84 bits per heavy atom. The molecule has 1 aromatic carbocycles. The summed E-state index contributed by atoms with van der Waals surface area (Å²) in [5, 5.41) is 0. The lowest BCUT2D eigenvalue weighted by Gasteiger charge is -2.43. The van der Waals surface area contributed by atoms with Gasteiger partial charge in [0.05, 0.1) is 13.2 Å². The second-order valence-corrected chi connectivity index (χ2v) is 8.38. The zero-order chi connectivity index (χ0) is 22.1. The van der Waals surface area contributed by atoms with E-state index in [0.717, 1.165) is 17.1 Å². The summed E-state index contributed by atoms with van der Waals surface area (Å²) in [6.45, 7) is 4.78. The number of ether oxygens (including phenoxy) is 3. The molecule has 1 atom stereocenters. The number of hydrogen-bond donors (Lipinski definition) is 0. The van der Waals surface area contributed by atoms with Crippen molar-refractivity contribution in [3.05, 3.63) is 47.8 Å². The van der Waals surface area contributed by atoms with E-state index in [-0.39, 0.29) is 18.6 Å². The number of aromatic nitrogens is 1.